The van der Waals surface area contributed by atoms with Gasteiger partial charge in [0, 0.05) is 6.54 Å². The Morgan fingerprint density at radius 3 is 2.31 bits per heavy atom. The number of ether oxygens (including phenoxy) is 1. The minimum atomic E-state index is -4.78. The first-order chi connectivity index (χ1) is 16.9. The Kier molecular flexibility index (Phi) is 7.05. The highest BCUT2D eigenvalue weighted by molar-refractivity contribution is 5.99. The molecular formula is C25H24F6N2O3. The van der Waals surface area contributed by atoms with Crippen LogP contribution in [0, 0.1) is 0 Å². The van der Waals surface area contributed by atoms with Crippen molar-refractivity contribution < 1.29 is 40.7 Å². The lowest BCUT2D eigenvalue weighted by Gasteiger charge is -2.41. The number of carbonyl (C=O) groups excluding carboxylic acids is 2. The number of hydrogen-bond acceptors (Lipinski definition) is 3. The quantitative estimate of drug-likeness (QED) is 0.545. The van der Waals surface area contributed by atoms with Crippen molar-refractivity contribution in [1.82, 2.24) is 10.2 Å². The van der Waals surface area contributed by atoms with Crippen LogP contribution in [0.4, 0.5) is 26.3 Å². The number of carbonyl (C=O) groups is 2. The minimum Gasteiger partial charge on any atom is -0.353 e. The second-order valence-corrected chi connectivity index (χ2v) is 8.97. The molecule has 2 aromatic rings. The van der Waals surface area contributed by atoms with Gasteiger partial charge >= 0.3 is 12.4 Å². The zero-order valence-corrected chi connectivity index (χ0v) is 19.1. The van der Waals surface area contributed by atoms with E-state index in [1.807, 2.05) is 0 Å². The van der Waals surface area contributed by atoms with Gasteiger partial charge in [-0.1, -0.05) is 30.7 Å². The molecule has 2 fully saturated rings. The molecular weight excluding hydrogens is 490 g/mol. The van der Waals surface area contributed by atoms with Gasteiger partial charge in [0.05, 0.1) is 23.3 Å². The molecule has 1 saturated heterocycles. The topological polar surface area (TPSA) is 58.6 Å². The van der Waals surface area contributed by atoms with E-state index in [2.05, 4.69) is 5.32 Å². The molecule has 1 spiro atoms. The maximum atomic E-state index is 13.6. The summed E-state index contributed by atoms with van der Waals surface area (Å²) in [7, 11) is 0. The highest BCUT2D eigenvalue weighted by atomic mass is 19.4. The first-order valence-electron chi connectivity index (χ1n) is 11.5. The number of rotatable bonds is 4. The number of nitrogens with zero attached hydrogens (tertiary/aromatic N) is 1. The molecule has 0 unspecified atom stereocenters. The number of hydrogen-bond donors (Lipinski definition) is 1. The summed E-state index contributed by atoms with van der Waals surface area (Å²) in [4.78, 5) is 27.8. The molecule has 0 bridgehead atoms. The predicted molar refractivity (Wildman–Crippen MR) is 116 cm³/mol. The lowest BCUT2D eigenvalue weighted by molar-refractivity contribution is -0.139. The fraction of sp³-hybridized carbons (Fsp3) is 0.440. The maximum absolute atomic E-state index is 13.6. The zero-order valence-electron chi connectivity index (χ0n) is 19.1. The summed E-state index contributed by atoms with van der Waals surface area (Å²) in [5, 5.41) is 2.52. The summed E-state index contributed by atoms with van der Waals surface area (Å²) in [6.45, 7) is -0.484. The SMILES string of the molecule is O=C(NCc1cccc(C(F)(F)F)c1)[C@@H]1COC2(CCCCC2)N1C(=O)c1ccccc1C(F)(F)F. The standard InChI is InChI=1S/C25H24F6N2O3/c26-24(27,28)17-8-6-7-16(13-17)14-32-21(34)20-15-36-23(11-4-1-5-12-23)33(20)22(35)18-9-2-3-10-19(18)25(29,30)31/h2-3,6-10,13,20H,1,4-5,11-12,14-15H2,(H,32,34)/t20-/m0/s1. The molecule has 2 aromatic carbocycles. The van der Waals surface area contributed by atoms with Gasteiger partial charge in [0.2, 0.25) is 5.91 Å². The van der Waals surface area contributed by atoms with Crippen LogP contribution in [0.15, 0.2) is 48.5 Å². The van der Waals surface area contributed by atoms with E-state index in [9.17, 15) is 35.9 Å². The lowest BCUT2D eigenvalue weighted by atomic mass is 9.89. The van der Waals surface area contributed by atoms with Crippen LogP contribution < -0.4 is 5.32 Å². The summed E-state index contributed by atoms with van der Waals surface area (Å²) in [6.07, 6.45) is -6.41. The molecule has 0 aromatic heterocycles. The predicted octanol–water partition coefficient (Wildman–Crippen LogP) is 5.54. The summed E-state index contributed by atoms with van der Waals surface area (Å²) in [6, 6.07) is 7.56. The Morgan fingerprint density at radius 2 is 1.64 bits per heavy atom. The highest BCUT2D eigenvalue weighted by Crippen LogP contribution is 2.42. The smallest absolute Gasteiger partial charge is 0.353 e. The third-order valence-electron chi connectivity index (χ3n) is 6.60. The van der Waals surface area contributed by atoms with Crippen molar-refractivity contribution in [2.24, 2.45) is 0 Å². The molecule has 1 atom stereocenters. The van der Waals surface area contributed by atoms with E-state index < -0.39 is 52.6 Å². The number of nitrogens with one attached hydrogen (secondary N) is 1. The summed E-state index contributed by atoms with van der Waals surface area (Å²) in [5.74, 6) is -1.69. The monoisotopic (exact) mass is 514 g/mol. The van der Waals surface area contributed by atoms with Gasteiger partial charge in [0.1, 0.15) is 11.8 Å². The van der Waals surface area contributed by atoms with Crippen molar-refractivity contribution in [2.45, 2.75) is 62.8 Å². The molecule has 1 saturated carbocycles. The molecule has 1 aliphatic heterocycles. The third kappa shape index (κ3) is 5.21. The fourth-order valence-electron chi connectivity index (χ4n) is 4.88. The van der Waals surface area contributed by atoms with Gasteiger partial charge in [-0.2, -0.15) is 26.3 Å². The molecule has 2 amide bonds. The van der Waals surface area contributed by atoms with Crippen molar-refractivity contribution >= 4 is 11.8 Å². The van der Waals surface area contributed by atoms with Gasteiger partial charge < -0.3 is 10.1 Å². The van der Waals surface area contributed by atoms with Gasteiger partial charge in [0.25, 0.3) is 5.91 Å². The first-order valence-corrected chi connectivity index (χ1v) is 11.5. The van der Waals surface area contributed by atoms with Crippen molar-refractivity contribution in [3.63, 3.8) is 0 Å². The van der Waals surface area contributed by atoms with Crippen molar-refractivity contribution in [2.75, 3.05) is 6.61 Å². The van der Waals surface area contributed by atoms with E-state index in [0.717, 1.165) is 35.6 Å². The van der Waals surface area contributed by atoms with E-state index in [-0.39, 0.29) is 18.7 Å². The summed E-state index contributed by atoms with van der Waals surface area (Å²) >= 11 is 0. The molecule has 1 N–H and O–H groups in total. The molecule has 0 radical (unpaired) electrons. The number of benzene rings is 2. The highest BCUT2D eigenvalue weighted by Gasteiger charge is 2.53. The maximum Gasteiger partial charge on any atom is 0.417 e. The summed E-state index contributed by atoms with van der Waals surface area (Å²) in [5.41, 5.74) is -3.61. The Balaban J connectivity index is 1.61. The molecule has 11 heteroatoms. The Morgan fingerprint density at radius 1 is 0.944 bits per heavy atom. The number of amides is 2. The molecule has 1 aliphatic carbocycles. The first kappa shape index (κ1) is 26.0. The van der Waals surface area contributed by atoms with E-state index >= 15 is 0 Å². The molecule has 4 rings (SSSR count). The van der Waals surface area contributed by atoms with Crippen LogP contribution in [-0.4, -0.2) is 35.1 Å². The van der Waals surface area contributed by atoms with Crippen molar-refractivity contribution in [3.8, 4) is 0 Å². The molecule has 1 heterocycles. The number of halogens is 6. The van der Waals surface area contributed by atoms with Crippen LogP contribution in [0.3, 0.4) is 0 Å². The van der Waals surface area contributed by atoms with Gasteiger partial charge in [-0.15, -0.1) is 0 Å². The Bertz CT molecular complexity index is 1130. The van der Waals surface area contributed by atoms with Crippen molar-refractivity contribution in [1.29, 1.82) is 0 Å². The zero-order chi connectivity index (χ0) is 26.1. The van der Waals surface area contributed by atoms with E-state index in [4.69, 9.17) is 4.74 Å². The van der Waals surface area contributed by atoms with Gasteiger partial charge in [-0.25, -0.2) is 0 Å². The van der Waals surface area contributed by atoms with E-state index in [0.29, 0.717) is 25.7 Å². The minimum absolute atomic E-state index is 0.185. The normalized spacial score (nSPS) is 19.9. The second kappa shape index (κ2) is 9.76. The van der Waals surface area contributed by atoms with Crippen LogP contribution in [0.1, 0.15) is 59.2 Å². The average molecular weight is 514 g/mol. The molecule has 194 valence electrons. The molecule has 36 heavy (non-hydrogen) atoms. The van der Waals surface area contributed by atoms with Gasteiger partial charge in [-0.3, -0.25) is 14.5 Å². The second-order valence-electron chi connectivity index (χ2n) is 8.97. The summed E-state index contributed by atoms with van der Waals surface area (Å²) < 4.78 is 85.9. The number of alkyl halides is 6. The average Bonchev–Trinajstić information content (AvgIpc) is 3.19. The largest absolute Gasteiger partial charge is 0.417 e. The van der Waals surface area contributed by atoms with Crippen LogP contribution in [0.25, 0.3) is 0 Å². The Labute approximate surface area is 203 Å². The van der Waals surface area contributed by atoms with Gasteiger partial charge in [-0.05, 0) is 55.5 Å². The van der Waals surface area contributed by atoms with Crippen LogP contribution in [-0.2, 0) is 28.4 Å². The van der Waals surface area contributed by atoms with Gasteiger partial charge in [0.15, 0.2) is 0 Å². The Hall–Kier alpha value is -3.08. The van der Waals surface area contributed by atoms with E-state index in [1.54, 1.807) is 0 Å². The van der Waals surface area contributed by atoms with Crippen LogP contribution in [0.5, 0.6) is 0 Å². The third-order valence-corrected chi connectivity index (χ3v) is 6.60. The fourth-order valence-corrected chi connectivity index (χ4v) is 4.88. The van der Waals surface area contributed by atoms with E-state index in [1.165, 1.54) is 24.3 Å². The van der Waals surface area contributed by atoms with Crippen LogP contribution in [0.2, 0.25) is 0 Å². The lowest BCUT2D eigenvalue weighted by Crippen LogP contribution is -2.56. The van der Waals surface area contributed by atoms with Crippen LogP contribution >= 0.6 is 0 Å². The molecule has 2 aliphatic rings. The molecule has 5 nitrogen and oxygen atoms in total. The van der Waals surface area contributed by atoms with Crippen molar-refractivity contribution in [3.05, 3.63) is 70.8 Å².